The second kappa shape index (κ2) is 4.10. The molecule has 2 aromatic rings. The molecular formula is C12H7ClF2O. The van der Waals surface area contributed by atoms with Gasteiger partial charge in [-0.2, -0.15) is 0 Å². The van der Waals surface area contributed by atoms with Gasteiger partial charge in [0.1, 0.15) is 5.75 Å². The minimum absolute atomic E-state index is 0.0481. The molecule has 0 amide bonds. The molecular weight excluding hydrogens is 234 g/mol. The van der Waals surface area contributed by atoms with Crippen molar-refractivity contribution in [3.63, 3.8) is 0 Å². The van der Waals surface area contributed by atoms with Crippen LogP contribution >= 0.6 is 11.6 Å². The smallest absolute Gasteiger partial charge is 0.159 e. The summed E-state index contributed by atoms with van der Waals surface area (Å²) in [5, 5.41) is 9.39. The van der Waals surface area contributed by atoms with Crippen molar-refractivity contribution in [3.8, 4) is 16.9 Å². The summed E-state index contributed by atoms with van der Waals surface area (Å²) in [7, 11) is 0. The van der Waals surface area contributed by atoms with E-state index in [2.05, 4.69) is 0 Å². The Morgan fingerprint density at radius 2 is 1.50 bits per heavy atom. The molecule has 0 saturated heterocycles. The van der Waals surface area contributed by atoms with Gasteiger partial charge >= 0.3 is 0 Å². The van der Waals surface area contributed by atoms with E-state index in [-0.39, 0.29) is 10.8 Å². The second-order valence-corrected chi connectivity index (χ2v) is 3.70. The lowest BCUT2D eigenvalue weighted by atomic mass is 10.1. The molecule has 0 fully saturated rings. The molecule has 0 bridgehead atoms. The summed E-state index contributed by atoms with van der Waals surface area (Å²) in [5.74, 6) is -1.86. The van der Waals surface area contributed by atoms with Gasteiger partial charge in [0.05, 0.1) is 5.02 Å². The Morgan fingerprint density at radius 3 is 2.12 bits per heavy atom. The van der Waals surface area contributed by atoms with Crippen LogP contribution in [0.5, 0.6) is 5.75 Å². The van der Waals surface area contributed by atoms with E-state index in [1.54, 1.807) is 6.07 Å². The molecule has 0 atom stereocenters. The summed E-state index contributed by atoms with van der Waals surface area (Å²) in [5.41, 5.74) is 1.11. The predicted octanol–water partition coefficient (Wildman–Crippen LogP) is 3.99. The van der Waals surface area contributed by atoms with Crippen molar-refractivity contribution in [1.82, 2.24) is 0 Å². The van der Waals surface area contributed by atoms with Crippen LogP contribution in [-0.4, -0.2) is 5.11 Å². The molecule has 0 saturated carbocycles. The summed E-state index contributed by atoms with van der Waals surface area (Å²) in [4.78, 5) is 0. The first-order valence-electron chi connectivity index (χ1n) is 4.52. The molecule has 2 rings (SSSR count). The van der Waals surface area contributed by atoms with Crippen molar-refractivity contribution in [1.29, 1.82) is 0 Å². The third kappa shape index (κ3) is 1.99. The van der Waals surface area contributed by atoms with Crippen molar-refractivity contribution >= 4 is 11.6 Å². The van der Waals surface area contributed by atoms with Crippen LogP contribution in [0, 0.1) is 11.6 Å². The minimum atomic E-state index is -0.915. The molecule has 1 nitrogen and oxygen atoms in total. The van der Waals surface area contributed by atoms with Gasteiger partial charge in [0.2, 0.25) is 0 Å². The highest BCUT2D eigenvalue weighted by atomic mass is 35.5. The van der Waals surface area contributed by atoms with Crippen LogP contribution in [0.4, 0.5) is 8.78 Å². The monoisotopic (exact) mass is 240 g/mol. The maximum absolute atomic E-state index is 13.0. The van der Waals surface area contributed by atoms with Crippen LogP contribution in [0.15, 0.2) is 36.4 Å². The van der Waals surface area contributed by atoms with Crippen molar-refractivity contribution in [2.75, 3.05) is 0 Å². The summed E-state index contributed by atoms with van der Waals surface area (Å²) >= 11 is 5.72. The van der Waals surface area contributed by atoms with Gasteiger partial charge in [-0.1, -0.05) is 23.7 Å². The highest BCUT2D eigenvalue weighted by Gasteiger charge is 2.06. The molecule has 0 aliphatic carbocycles. The van der Waals surface area contributed by atoms with Crippen LogP contribution in [-0.2, 0) is 0 Å². The Morgan fingerprint density at radius 1 is 0.875 bits per heavy atom. The van der Waals surface area contributed by atoms with Gasteiger partial charge in [-0.25, -0.2) is 8.78 Å². The maximum Gasteiger partial charge on any atom is 0.159 e. The number of hydrogen-bond acceptors (Lipinski definition) is 1. The normalized spacial score (nSPS) is 10.4. The van der Waals surface area contributed by atoms with Gasteiger partial charge in [0.15, 0.2) is 11.6 Å². The van der Waals surface area contributed by atoms with Gasteiger partial charge in [0, 0.05) is 0 Å². The summed E-state index contributed by atoms with van der Waals surface area (Å²) in [6, 6.07) is 8.04. The first-order valence-corrected chi connectivity index (χ1v) is 4.89. The van der Waals surface area contributed by atoms with Crippen LogP contribution < -0.4 is 0 Å². The number of halogens is 3. The van der Waals surface area contributed by atoms with E-state index in [0.29, 0.717) is 11.1 Å². The third-order valence-electron chi connectivity index (χ3n) is 2.20. The van der Waals surface area contributed by atoms with E-state index >= 15 is 0 Å². The van der Waals surface area contributed by atoms with E-state index in [4.69, 9.17) is 11.6 Å². The molecule has 0 aromatic heterocycles. The lowest BCUT2D eigenvalue weighted by Gasteiger charge is -2.04. The average molecular weight is 241 g/mol. The van der Waals surface area contributed by atoms with Crippen LogP contribution in [0.1, 0.15) is 0 Å². The molecule has 0 aliphatic rings. The Hall–Kier alpha value is -1.61. The zero-order valence-corrected chi connectivity index (χ0v) is 8.80. The lowest BCUT2D eigenvalue weighted by Crippen LogP contribution is -1.85. The van der Waals surface area contributed by atoms with Crippen molar-refractivity contribution in [3.05, 3.63) is 53.1 Å². The first kappa shape index (κ1) is 10.9. The highest BCUT2D eigenvalue weighted by Crippen LogP contribution is 2.29. The number of phenolic OH excluding ortho intramolecular Hbond substituents is 1. The number of rotatable bonds is 1. The van der Waals surface area contributed by atoms with Crippen molar-refractivity contribution in [2.45, 2.75) is 0 Å². The number of hydrogen-bond donors (Lipinski definition) is 1. The summed E-state index contributed by atoms with van der Waals surface area (Å²) < 4.78 is 25.7. The molecule has 2 aromatic carbocycles. The van der Waals surface area contributed by atoms with E-state index < -0.39 is 11.6 Å². The van der Waals surface area contributed by atoms with E-state index in [1.165, 1.54) is 18.2 Å². The van der Waals surface area contributed by atoms with Crippen LogP contribution in [0.2, 0.25) is 5.02 Å². The zero-order valence-electron chi connectivity index (χ0n) is 8.05. The topological polar surface area (TPSA) is 20.2 Å². The molecule has 0 heterocycles. The molecule has 0 aliphatic heterocycles. The van der Waals surface area contributed by atoms with Crippen molar-refractivity contribution < 1.29 is 13.9 Å². The lowest BCUT2D eigenvalue weighted by molar-refractivity contribution is 0.475. The number of aromatic hydroxyl groups is 1. The van der Waals surface area contributed by atoms with Crippen molar-refractivity contribution in [2.24, 2.45) is 0 Å². The molecule has 0 spiro atoms. The molecule has 4 heteroatoms. The Balaban J connectivity index is 2.50. The van der Waals surface area contributed by atoms with Crippen LogP contribution in [0.3, 0.4) is 0 Å². The summed E-state index contributed by atoms with van der Waals surface area (Å²) in [6.07, 6.45) is 0. The minimum Gasteiger partial charge on any atom is -0.506 e. The van der Waals surface area contributed by atoms with Crippen LogP contribution in [0.25, 0.3) is 11.1 Å². The van der Waals surface area contributed by atoms with E-state index in [9.17, 15) is 13.9 Å². The Kier molecular flexibility index (Phi) is 2.79. The fraction of sp³-hybridized carbons (Fsp3) is 0. The molecule has 0 unspecified atom stereocenters. The first-order chi connectivity index (χ1) is 7.58. The largest absolute Gasteiger partial charge is 0.506 e. The fourth-order valence-electron chi connectivity index (χ4n) is 1.36. The Bertz CT molecular complexity index is 491. The van der Waals surface area contributed by atoms with E-state index in [0.717, 1.165) is 12.1 Å². The Labute approximate surface area is 95.9 Å². The van der Waals surface area contributed by atoms with Gasteiger partial charge in [-0.15, -0.1) is 0 Å². The van der Waals surface area contributed by atoms with Gasteiger partial charge in [-0.3, -0.25) is 0 Å². The molecule has 16 heavy (non-hydrogen) atoms. The zero-order chi connectivity index (χ0) is 11.7. The van der Waals surface area contributed by atoms with Gasteiger partial charge < -0.3 is 5.11 Å². The quantitative estimate of drug-likeness (QED) is 0.799. The van der Waals surface area contributed by atoms with Gasteiger partial charge in [0.25, 0.3) is 0 Å². The predicted molar refractivity (Wildman–Crippen MR) is 58.5 cm³/mol. The van der Waals surface area contributed by atoms with E-state index in [1.807, 2.05) is 0 Å². The standard InChI is InChI=1S/C12H7ClF2O/c13-9-5-7(2-4-12(9)16)8-1-3-10(14)11(15)6-8/h1-6,16H. The molecule has 1 N–H and O–H groups in total. The number of benzene rings is 2. The number of phenols is 1. The maximum atomic E-state index is 13.0. The second-order valence-electron chi connectivity index (χ2n) is 3.30. The summed E-state index contributed by atoms with van der Waals surface area (Å²) in [6.45, 7) is 0. The highest BCUT2D eigenvalue weighted by molar-refractivity contribution is 6.32. The SMILES string of the molecule is Oc1ccc(-c2ccc(F)c(F)c2)cc1Cl. The average Bonchev–Trinajstić information content (AvgIpc) is 2.26. The van der Waals surface area contributed by atoms with Gasteiger partial charge in [-0.05, 0) is 35.4 Å². The fourth-order valence-corrected chi connectivity index (χ4v) is 1.54. The molecule has 0 radical (unpaired) electrons. The third-order valence-corrected chi connectivity index (χ3v) is 2.50. The molecule has 82 valence electrons.